The van der Waals surface area contributed by atoms with Crippen LogP contribution in [0.15, 0.2) is 48.5 Å². The predicted octanol–water partition coefficient (Wildman–Crippen LogP) is 3.82. The summed E-state index contributed by atoms with van der Waals surface area (Å²) in [7, 11) is 0. The molecular formula is C20H23NO3. The van der Waals surface area contributed by atoms with Crippen molar-refractivity contribution >= 4 is 17.6 Å². The average Bonchev–Trinajstić information content (AvgIpc) is 2.51. The molecule has 0 aromatic heterocycles. The Hall–Kier alpha value is -2.62. The summed E-state index contributed by atoms with van der Waals surface area (Å²) in [5.74, 6) is -2.64. The molecule has 0 unspecified atom stereocenters. The summed E-state index contributed by atoms with van der Waals surface area (Å²) in [4.78, 5) is 24.1. The van der Waals surface area contributed by atoms with Gasteiger partial charge < -0.3 is 10.4 Å². The van der Waals surface area contributed by atoms with Crippen LogP contribution in [0.25, 0.3) is 0 Å². The first-order valence-electron chi connectivity index (χ1n) is 8.02. The first-order valence-corrected chi connectivity index (χ1v) is 8.02. The van der Waals surface area contributed by atoms with E-state index >= 15 is 0 Å². The third-order valence-electron chi connectivity index (χ3n) is 4.11. The molecule has 4 heteroatoms. The number of carboxylic acid groups (broad SMARTS) is 1. The van der Waals surface area contributed by atoms with Crippen molar-refractivity contribution in [2.75, 3.05) is 5.32 Å². The lowest BCUT2D eigenvalue weighted by Gasteiger charge is -2.20. The number of nitrogens with one attached hydrogen (secondary N) is 1. The van der Waals surface area contributed by atoms with Gasteiger partial charge in [-0.2, -0.15) is 0 Å². The van der Waals surface area contributed by atoms with Crippen LogP contribution in [0.4, 0.5) is 5.69 Å². The molecule has 4 nitrogen and oxygen atoms in total. The van der Waals surface area contributed by atoms with Gasteiger partial charge in [-0.15, -0.1) is 0 Å². The number of carboxylic acids is 1. The molecule has 0 saturated carbocycles. The maximum absolute atomic E-state index is 12.4. The number of hydrogen-bond acceptors (Lipinski definition) is 2. The zero-order chi connectivity index (χ0) is 17.7. The lowest BCUT2D eigenvalue weighted by atomic mass is 9.86. The number of aliphatic carboxylic acids is 1. The second-order valence-corrected chi connectivity index (χ2v) is 6.29. The summed E-state index contributed by atoms with van der Waals surface area (Å²) >= 11 is 0. The summed E-state index contributed by atoms with van der Waals surface area (Å²) in [6.45, 7) is 5.63. The Morgan fingerprint density at radius 1 is 1.04 bits per heavy atom. The van der Waals surface area contributed by atoms with Crippen molar-refractivity contribution in [3.8, 4) is 0 Å². The van der Waals surface area contributed by atoms with E-state index in [2.05, 4.69) is 5.32 Å². The highest BCUT2D eigenvalue weighted by Crippen LogP contribution is 2.22. The van der Waals surface area contributed by atoms with Gasteiger partial charge in [0.2, 0.25) is 5.91 Å². The number of rotatable bonds is 6. The SMILES string of the molecule is Cc1cc(C)cc(C[C@@H](C(=O)O)[C@@H](C)C(=O)Nc2ccccc2)c1. The third kappa shape index (κ3) is 4.69. The Bertz CT molecular complexity index is 705. The molecule has 0 fully saturated rings. The van der Waals surface area contributed by atoms with Crippen LogP contribution in [0, 0.1) is 25.7 Å². The van der Waals surface area contributed by atoms with Crippen LogP contribution in [0.3, 0.4) is 0 Å². The van der Waals surface area contributed by atoms with Gasteiger partial charge in [-0.25, -0.2) is 0 Å². The van der Waals surface area contributed by atoms with Crippen molar-refractivity contribution in [3.63, 3.8) is 0 Å². The van der Waals surface area contributed by atoms with Crippen LogP contribution < -0.4 is 5.32 Å². The normalized spacial score (nSPS) is 13.1. The van der Waals surface area contributed by atoms with Crippen molar-refractivity contribution in [1.82, 2.24) is 0 Å². The fourth-order valence-corrected chi connectivity index (χ4v) is 2.88. The van der Waals surface area contributed by atoms with Gasteiger partial charge in [0.15, 0.2) is 0 Å². The highest BCUT2D eigenvalue weighted by molar-refractivity contribution is 5.94. The number of carbonyl (C=O) groups excluding carboxylic acids is 1. The van der Waals surface area contributed by atoms with Gasteiger partial charge in [-0.1, -0.05) is 54.4 Å². The zero-order valence-electron chi connectivity index (χ0n) is 14.2. The summed E-state index contributed by atoms with van der Waals surface area (Å²) < 4.78 is 0. The number of hydrogen-bond donors (Lipinski definition) is 2. The number of amides is 1. The van der Waals surface area contributed by atoms with Gasteiger partial charge in [0.1, 0.15) is 0 Å². The van der Waals surface area contributed by atoms with Gasteiger partial charge in [0, 0.05) is 11.6 Å². The van der Waals surface area contributed by atoms with E-state index in [9.17, 15) is 14.7 Å². The largest absolute Gasteiger partial charge is 0.481 e. The van der Waals surface area contributed by atoms with E-state index in [-0.39, 0.29) is 5.91 Å². The number of benzene rings is 2. The minimum Gasteiger partial charge on any atom is -0.481 e. The molecule has 2 aromatic carbocycles. The van der Waals surface area contributed by atoms with Gasteiger partial charge in [-0.3, -0.25) is 9.59 Å². The fraction of sp³-hybridized carbons (Fsp3) is 0.300. The number of para-hydroxylation sites is 1. The molecule has 0 aliphatic carbocycles. The Balaban J connectivity index is 2.14. The zero-order valence-corrected chi connectivity index (χ0v) is 14.2. The molecule has 2 atom stereocenters. The van der Waals surface area contributed by atoms with Gasteiger partial charge in [-0.05, 0) is 38.0 Å². The van der Waals surface area contributed by atoms with Crippen molar-refractivity contribution in [3.05, 3.63) is 65.2 Å². The first kappa shape index (κ1) is 17.7. The van der Waals surface area contributed by atoms with Crippen molar-refractivity contribution < 1.29 is 14.7 Å². The van der Waals surface area contributed by atoms with Gasteiger partial charge in [0.05, 0.1) is 5.92 Å². The summed E-state index contributed by atoms with van der Waals surface area (Å²) in [6.07, 6.45) is 0.335. The van der Waals surface area contributed by atoms with Crippen molar-refractivity contribution in [1.29, 1.82) is 0 Å². The maximum atomic E-state index is 12.4. The quantitative estimate of drug-likeness (QED) is 0.848. The minimum atomic E-state index is -0.954. The van der Waals surface area contributed by atoms with Crippen molar-refractivity contribution in [2.24, 2.45) is 11.8 Å². The number of carbonyl (C=O) groups is 2. The molecule has 0 saturated heterocycles. The Labute approximate surface area is 142 Å². The molecule has 0 aliphatic rings. The Kier molecular flexibility index (Phi) is 5.74. The van der Waals surface area contributed by atoms with Crippen molar-refractivity contribution in [2.45, 2.75) is 27.2 Å². The Morgan fingerprint density at radius 3 is 2.17 bits per heavy atom. The maximum Gasteiger partial charge on any atom is 0.307 e. The molecule has 0 radical (unpaired) electrons. The fourth-order valence-electron chi connectivity index (χ4n) is 2.88. The van der Waals surface area contributed by atoms with E-state index in [1.54, 1.807) is 19.1 Å². The lowest BCUT2D eigenvalue weighted by Crippen LogP contribution is -2.33. The topological polar surface area (TPSA) is 66.4 Å². The van der Waals surface area contributed by atoms with Crippen LogP contribution in [-0.4, -0.2) is 17.0 Å². The number of aryl methyl sites for hydroxylation is 2. The van der Waals surface area contributed by atoms with Gasteiger partial charge >= 0.3 is 5.97 Å². The van der Waals surface area contributed by atoms with Crippen LogP contribution in [0.1, 0.15) is 23.6 Å². The van der Waals surface area contributed by atoms with E-state index in [0.717, 1.165) is 16.7 Å². The molecule has 24 heavy (non-hydrogen) atoms. The molecule has 0 heterocycles. The highest BCUT2D eigenvalue weighted by atomic mass is 16.4. The van der Waals surface area contributed by atoms with E-state index in [0.29, 0.717) is 12.1 Å². The minimum absolute atomic E-state index is 0.280. The summed E-state index contributed by atoms with van der Waals surface area (Å²) in [6, 6.07) is 15.1. The van der Waals surface area contributed by atoms with Crippen LogP contribution in [-0.2, 0) is 16.0 Å². The molecule has 2 rings (SSSR count). The summed E-state index contributed by atoms with van der Waals surface area (Å²) in [5, 5.41) is 12.4. The monoisotopic (exact) mass is 325 g/mol. The van der Waals surface area contributed by atoms with E-state index in [4.69, 9.17) is 0 Å². The smallest absolute Gasteiger partial charge is 0.307 e. The van der Waals surface area contributed by atoms with Crippen LogP contribution in [0.5, 0.6) is 0 Å². The van der Waals surface area contributed by atoms with Gasteiger partial charge in [0.25, 0.3) is 0 Å². The summed E-state index contributed by atoms with van der Waals surface area (Å²) in [5.41, 5.74) is 3.80. The second kappa shape index (κ2) is 7.77. The molecule has 126 valence electrons. The van der Waals surface area contributed by atoms with E-state index < -0.39 is 17.8 Å². The van der Waals surface area contributed by atoms with Crippen LogP contribution in [0.2, 0.25) is 0 Å². The van der Waals surface area contributed by atoms with E-state index in [1.807, 2.05) is 50.2 Å². The standard InChI is InChI=1S/C20H23NO3/c1-13-9-14(2)11-16(10-13)12-18(20(23)24)15(3)19(22)21-17-7-5-4-6-8-17/h4-11,15,18H,12H2,1-3H3,(H,21,22)(H,23,24)/t15-,18-/m1/s1. The molecular weight excluding hydrogens is 302 g/mol. The second-order valence-electron chi connectivity index (χ2n) is 6.29. The average molecular weight is 325 g/mol. The first-order chi connectivity index (χ1) is 11.4. The molecule has 2 N–H and O–H groups in total. The van der Waals surface area contributed by atoms with Crippen LogP contribution >= 0.6 is 0 Å². The molecule has 1 amide bonds. The lowest BCUT2D eigenvalue weighted by molar-refractivity contribution is -0.145. The highest BCUT2D eigenvalue weighted by Gasteiger charge is 2.30. The molecule has 0 spiro atoms. The molecule has 0 aliphatic heterocycles. The predicted molar refractivity (Wildman–Crippen MR) is 95.0 cm³/mol. The molecule has 0 bridgehead atoms. The Morgan fingerprint density at radius 2 is 1.62 bits per heavy atom. The third-order valence-corrected chi connectivity index (χ3v) is 4.11. The molecule has 2 aromatic rings. The number of anilines is 1. The van der Waals surface area contributed by atoms with E-state index in [1.165, 1.54) is 0 Å².